The van der Waals surface area contributed by atoms with Gasteiger partial charge in [0.15, 0.2) is 0 Å². The van der Waals surface area contributed by atoms with E-state index in [-0.39, 0.29) is 0 Å². The Morgan fingerprint density at radius 2 is 0.386 bits per heavy atom. The quantitative estimate of drug-likeness (QED) is 0.0487. The molecule has 0 aromatic carbocycles. The van der Waals surface area contributed by atoms with Crippen LogP contribution < -0.4 is 0 Å². The molecule has 0 saturated heterocycles. The van der Waals surface area contributed by atoms with E-state index in [2.05, 4.69) is 20.8 Å². The van der Waals surface area contributed by atoms with Gasteiger partial charge in [0.25, 0.3) is 0 Å². The van der Waals surface area contributed by atoms with Crippen molar-refractivity contribution in [3.8, 4) is 0 Å². The van der Waals surface area contributed by atoms with Crippen LogP contribution in [0.4, 0.5) is 0 Å². The van der Waals surface area contributed by atoms with Gasteiger partial charge < -0.3 is 4.89 Å². The average Bonchev–Trinajstić information content (AvgIpc) is 3.36. The lowest BCUT2D eigenvalue weighted by molar-refractivity contribution is 0.194. The first kappa shape index (κ1) is 70.1. The second-order valence-electron chi connectivity index (χ2n) is 23.1. The zero-order chi connectivity index (χ0) is 50.6. The summed E-state index contributed by atoms with van der Waals surface area (Å²) in [5.41, 5.74) is 0. The second-order valence-corrected chi connectivity index (χ2v) is 24.9. The van der Waals surface area contributed by atoms with Crippen LogP contribution in [-0.2, 0) is 9.09 Å². The summed E-state index contributed by atoms with van der Waals surface area (Å²) in [6.07, 6.45) is 81.7. The van der Waals surface area contributed by atoms with Gasteiger partial charge in [-0.15, -0.1) is 0 Å². The summed E-state index contributed by atoms with van der Waals surface area (Å²) in [6, 6.07) is 0. The average molecular weight is 1010 g/mol. The van der Waals surface area contributed by atoms with Crippen molar-refractivity contribution in [2.45, 2.75) is 400 Å². The number of unbranched alkanes of at least 4 members (excludes halogenated alkanes) is 56. The molecule has 0 aliphatic rings. The molecule has 1 N–H and O–H groups in total. The number of hydrogen-bond donors (Lipinski definition) is 1. The highest BCUT2D eigenvalue weighted by Gasteiger charge is 2.28. The maximum absolute atomic E-state index is 13.3. The van der Waals surface area contributed by atoms with Crippen LogP contribution in [0.3, 0.4) is 0 Å². The van der Waals surface area contributed by atoms with Gasteiger partial charge in [0.1, 0.15) is 0 Å². The summed E-state index contributed by atoms with van der Waals surface area (Å²) in [5.74, 6) is 0. The van der Waals surface area contributed by atoms with Gasteiger partial charge in [0.05, 0.1) is 6.61 Å². The van der Waals surface area contributed by atoms with Crippen LogP contribution >= 0.6 is 7.75 Å². The summed E-state index contributed by atoms with van der Waals surface area (Å²) in [5, 5.41) is 0. The van der Waals surface area contributed by atoms with E-state index in [0.29, 0.717) is 19.7 Å². The third-order valence-electron chi connectivity index (χ3n) is 15.9. The molecule has 0 radical (unpaired) electrons. The van der Waals surface area contributed by atoms with E-state index in [9.17, 15) is 9.46 Å². The molecular weight excluding hydrogens is 874 g/mol. The fourth-order valence-electron chi connectivity index (χ4n) is 10.9. The number of hydrogen-bond acceptors (Lipinski definition) is 2. The molecule has 0 aromatic rings. The number of nitrogens with zero attached hydrogens (tertiary/aromatic N) is 1. The van der Waals surface area contributed by atoms with Gasteiger partial charge in [-0.2, -0.15) is 0 Å². The summed E-state index contributed by atoms with van der Waals surface area (Å²) >= 11 is 0. The van der Waals surface area contributed by atoms with E-state index in [1.165, 1.54) is 334 Å². The van der Waals surface area contributed by atoms with E-state index in [0.717, 1.165) is 44.9 Å². The third kappa shape index (κ3) is 57.4. The van der Waals surface area contributed by atoms with Crippen LogP contribution in [0, 0.1) is 0 Å². The smallest absolute Gasteiger partial charge is 0.312 e. The summed E-state index contributed by atoms with van der Waals surface area (Å²) in [7, 11) is -3.71. The molecule has 0 fully saturated rings. The summed E-state index contributed by atoms with van der Waals surface area (Å²) in [6.45, 7) is 8.57. The first-order valence-electron chi connectivity index (χ1n) is 33.3. The molecule has 422 valence electrons. The van der Waals surface area contributed by atoms with Crippen molar-refractivity contribution in [2.75, 3.05) is 19.7 Å². The highest BCUT2D eigenvalue weighted by Crippen LogP contribution is 2.47. The molecule has 0 aromatic heterocycles. The first-order valence-corrected chi connectivity index (χ1v) is 34.8. The molecule has 1 atom stereocenters. The lowest BCUT2D eigenvalue weighted by Gasteiger charge is -2.26. The summed E-state index contributed by atoms with van der Waals surface area (Å²) in [4.78, 5) is 10.9. The normalized spacial score (nSPS) is 12.8. The first-order chi connectivity index (χ1) is 34.6. The zero-order valence-corrected chi connectivity index (χ0v) is 49.9. The Kier molecular flexibility index (Phi) is 61.8. The highest BCUT2D eigenvalue weighted by molar-refractivity contribution is 7.50. The molecule has 0 aliphatic carbocycles. The Balaban J connectivity index is 3.69. The zero-order valence-electron chi connectivity index (χ0n) is 49.0. The molecule has 5 heteroatoms. The molecule has 0 amide bonds. The van der Waals surface area contributed by atoms with E-state index in [1.54, 1.807) is 0 Å². The Hall–Kier alpha value is 0.110. The van der Waals surface area contributed by atoms with Gasteiger partial charge in [-0.1, -0.05) is 380 Å². The Bertz CT molecular complexity index is 917. The second kappa shape index (κ2) is 61.7. The maximum atomic E-state index is 13.3. The standard InChI is InChI=1S/C65H134NO3P/c1-4-7-10-12-14-16-18-20-22-24-26-28-30-32-34-36-38-40-42-44-46-48-50-52-54-56-58-60-63-66(70(67,68)69-65-62-9-6-3)64-61-59-57-55-53-51-49-47-45-43-41-39-37-35-33-31-29-27-25-23-21-19-17-15-13-11-8-5-2/h4-65H2,1-3H3,(H,67,68). The fraction of sp³-hybridized carbons (Fsp3) is 1.00. The predicted molar refractivity (Wildman–Crippen MR) is 317 cm³/mol. The van der Waals surface area contributed by atoms with Crippen LogP contribution in [0.2, 0.25) is 0 Å². The van der Waals surface area contributed by atoms with Crippen molar-refractivity contribution in [3.63, 3.8) is 0 Å². The van der Waals surface area contributed by atoms with Crippen LogP contribution in [0.25, 0.3) is 0 Å². The van der Waals surface area contributed by atoms with E-state index in [1.807, 2.05) is 4.67 Å². The molecule has 0 heterocycles. The van der Waals surface area contributed by atoms with Crippen molar-refractivity contribution in [2.24, 2.45) is 0 Å². The lowest BCUT2D eigenvalue weighted by Crippen LogP contribution is -2.24. The molecule has 0 bridgehead atoms. The van der Waals surface area contributed by atoms with E-state index < -0.39 is 7.75 Å². The molecule has 0 saturated carbocycles. The minimum Gasteiger partial charge on any atom is -0.312 e. The van der Waals surface area contributed by atoms with Crippen LogP contribution in [-0.4, -0.2) is 29.3 Å². The highest BCUT2D eigenvalue weighted by atomic mass is 31.2. The lowest BCUT2D eigenvalue weighted by atomic mass is 10.0. The fourth-order valence-corrected chi connectivity index (χ4v) is 12.2. The Labute approximate surface area is 443 Å². The molecule has 0 spiro atoms. The Morgan fingerprint density at radius 1 is 0.243 bits per heavy atom. The van der Waals surface area contributed by atoms with Gasteiger partial charge in [-0.3, -0.25) is 4.52 Å². The van der Waals surface area contributed by atoms with E-state index in [4.69, 9.17) is 4.52 Å². The van der Waals surface area contributed by atoms with Crippen molar-refractivity contribution in [1.82, 2.24) is 4.67 Å². The molecule has 0 aliphatic heterocycles. The van der Waals surface area contributed by atoms with Gasteiger partial charge in [0.2, 0.25) is 0 Å². The molecule has 0 rings (SSSR count). The van der Waals surface area contributed by atoms with Crippen molar-refractivity contribution < 1.29 is 14.0 Å². The summed E-state index contributed by atoms with van der Waals surface area (Å²) < 4.78 is 20.8. The van der Waals surface area contributed by atoms with Crippen LogP contribution in [0.1, 0.15) is 400 Å². The molecular formula is C65H134NO3P. The van der Waals surface area contributed by atoms with Crippen molar-refractivity contribution in [1.29, 1.82) is 0 Å². The van der Waals surface area contributed by atoms with Gasteiger partial charge >= 0.3 is 7.75 Å². The van der Waals surface area contributed by atoms with Crippen molar-refractivity contribution in [3.05, 3.63) is 0 Å². The monoisotopic (exact) mass is 1010 g/mol. The minimum atomic E-state index is -3.71. The predicted octanol–water partition coefficient (Wildman–Crippen LogP) is 24.5. The maximum Gasteiger partial charge on any atom is 0.405 e. The van der Waals surface area contributed by atoms with Crippen LogP contribution in [0.5, 0.6) is 0 Å². The van der Waals surface area contributed by atoms with Gasteiger partial charge in [0, 0.05) is 13.1 Å². The van der Waals surface area contributed by atoms with Gasteiger partial charge in [-0.05, 0) is 19.3 Å². The topological polar surface area (TPSA) is 49.8 Å². The van der Waals surface area contributed by atoms with Crippen LogP contribution in [0.15, 0.2) is 0 Å². The molecule has 1 unspecified atom stereocenters. The van der Waals surface area contributed by atoms with Crippen molar-refractivity contribution >= 4 is 7.75 Å². The SMILES string of the molecule is CCCCCCCCCCCCCCCCCCCCCCCCCCCCCCN(CCCCCCCCCCCCCCCCCCCCCCCCCCCCCC)P(=O)(O)OCCCCC. The third-order valence-corrected chi connectivity index (χ3v) is 17.5. The van der Waals surface area contributed by atoms with E-state index >= 15 is 0 Å². The van der Waals surface area contributed by atoms with Gasteiger partial charge in [-0.25, -0.2) is 9.24 Å². The number of rotatable bonds is 64. The molecule has 4 nitrogen and oxygen atoms in total. The Morgan fingerprint density at radius 3 is 0.557 bits per heavy atom. The largest absolute Gasteiger partial charge is 0.405 e. The minimum absolute atomic E-state index is 0.400. The molecule has 70 heavy (non-hydrogen) atoms.